The van der Waals surface area contributed by atoms with E-state index in [0.717, 1.165) is 0 Å². The second kappa shape index (κ2) is 5.61. The Hall–Kier alpha value is -0.933. The van der Waals surface area contributed by atoms with E-state index in [1.54, 1.807) is 20.8 Å². The molecule has 0 atom stereocenters. The fourth-order valence-corrected chi connectivity index (χ4v) is 2.82. The summed E-state index contributed by atoms with van der Waals surface area (Å²) in [5, 5.41) is -1.76. The maximum atomic E-state index is 13.5. The molecule has 0 aliphatic carbocycles. The molecule has 0 aromatic rings. The first-order valence-corrected chi connectivity index (χ1v) is 9.19. The lowest BCUT2D eigenvalue weighted by Gasteiger charge is -2.36. The normalized spacial score (nSPS) is 14.9. The Labute approximate surface area is 124 Å². The van der Waals surface area contributed by atoms with Gasteiger partial charge in [0.05, 0.1) is 6.42 Å². The van der Waals surface area contributed by atoms with Crippen molar-refractivity contribution in [2.45, 2.75) is 63.3 Å². The van der Waals surface area contributed by atoms with E-state index < -0.39 is 48.7 Å². The van der Waals surface area contributed by atoms with E-state index in [2.05, 4.69) is 0 Å². The van der Waals surface area contributed by atoms with Gasteiger partial charge in [-0.2, -0.15) is 26.3 Å². The molecular weight excluding hydrogens is 337 g/mol. The molecule has 0 heterocycles. The van der Waals surface area contributed by atoms with Gasteiger partial charge in [0.1, 0.15) is 13.5 Å². The highest BCUT2D eigenvalue weighted by molar-refractivity contribution is 7.06. The zero-order chi connectivity index (χ0) is 18.4. The van der Waals surface area contributed by atoms with Crippen molar-refractivity contribution in [3.8, 4) is 0 Å². The van der Waals surface area contributed by atoms with Crippen molar-refractivity contribution in [2.24, 2.45) is 0 Å². The molecule has 0 aromatic carbocycles. The van der Waals surface area contributed by atoms with Gasteiger partial charge < -0.3 is 4.79 Å². The third-order valence-corrected chi connectivity index (χ3v) is 9.38. The van der Waals surface area contributed by atoms with Crippen LogP contribution in [0.5, 0.6) is 0 Å². The van der Waals surface area contributed by atoms with Crippen molar-refractivity contribution < 1.29 is 40.3 Å². The fourth-order valence-electron chi connectivity index (χ4n) is 1.38. The summed E-state index contributed by atoms with van der Waals surface area (Å²) < 4.78 is 88.0. The Bertz CT molecular complexity index is 444. The first-order chi connectivity index (χ1) is 9.30. The van der Waals surface area contributed by atoms with Crippen LogP contribution in [0.25, 0.3) is 0 Å². The molecule has 0 radical (unpaired) electrons. The highest BCUT2D eigenvalue weighted by atomic mass is 28.3. The Morgan fingerprint density at radius 3 is 1.36 bits per heavy atom. The third-order valence-electron chi connectivity index (χ3n) is 4.06. The molecule has 0 unspecified atom stereocenters. The summed E-state index contributed by atoms with van der Waals surface area (Å²) in [4.78, 5) is 23.3. The van der Waals surface area contributed by atoms with E-state index in [1.807, 2.05) is 0 Å². The Morgan fingerprint density at radius 2 is 1.14 bits per heavy atom. The minimum absolute atomic E-state index is 0.709. The van der Waals surface area contributed by atoms with Gasteiger partial charge in [-0.3, -0.25) is 4.79 Å². The molecule has 0 N–H and O–H groups in total. The van der Waals surface area contributed by atoms with Gasteiger partial charge in [0.25, 0.3) is 0 Å². The van der Waals surface area contributed by atoms with Gasteiger partial charge in [0, 0.05) is 0 Å². The van der Waals surface area contributed by atoms with Gasteiger partial charge in [-0.25, -0.2) is 4.39 Å². The van der Waals surface area contributed by atoms with E-state index >= 15 is 0 Å². The maximum Gasteiger partial charge on any atom is 0.439 e. The van der Waals surface area contributed by atoms with Crippen LogP contribution < -0.4 is 0 Å². The lowest BCUT2D eigenvalue weighted by atomic mass is 9.97. The topological polar surface area (TPSA) is 34.1 Å². The SMILES string of the molecule is CC(C)(C)[Si](C)(C)C(=O)CC(=O)C(F)(C(F)(F)F)C(F)(F)F. The highest BCUT2D eigenvalue weighted by Gasteiger charge is 2.77. The molecule has 0 saturated heterocycles. The van der Waals surface area contributed by atoms with Crippen LogP contribution in [0.4, 0.5) is 30.7 Å². The Kier molecular flexibility index (Phi) is 5.37. The van der Waals surface area contributed by atoms with Gasteiger partial charge >= 0.3 is 18.0 Å². The first-order valence-electron chi connectivity index (χ1n) is 6.19. The molecule has 0 aromatic heterocycles. The summed E-state index contributed by atoms with van der Waals surface area (Å²) in [6, 6.07) is 0. The summed E-state index contributed by atoms with van der Waals surface area (Å²) in [6.45, 7) is 7.56. The van der Waals surface area contributed by atoms with Crippen molar-refractivity contribution in [1.29, 1.82) is 0 Å². The van der Waals surface area contributed by atoms with Crippen LogP contribution in [0.3, 0.4) is 0 Å². The summed E-state index contributed by atoms with van der Waals surface area (Å²) in [5.41, 5.74) is -6.03. The van der Waals surface area contributed by atoms with Crippen LogP contribution >= 0.6 is 0 Å². The number of carbonyl (C=O) groups is 2. The quantitative estimate of drug-likeness (QED) is 0.426. The molecule has 0 aliphatic heterocycles. The number of halogens is 7. The number of Topliss-reactive ketones (excluding diaryl/α,β-unsaturated/α-hetero) is 1. The van der Waals surface area contributed by atoms with E-state index in [9.17, 15) is 40.3 Å². The number of hydrogen-bond acceptors (Lipinski definition) is 2. The first kappa shape index (κ1) is 21.1. The largest absolute Gasteiger partial charge is 0.439 e. The van der Waals surface area contributed by atoms with E-state index in [-0.39, 0.29) is 0 Å². The minimum atomic E-state index is -6.48. The predicted molar refractivity (Wildman–Crippen MR) is 67.8 cm³/mol. The van der Waals surface area contributed by atoms with Crippen LogP contribution in [-0.4, -0.2) is 37.3 Å². The number of ketones is 1. The highest BCUT2D eigenvalue weighted by Crippen LogP contribution is 2.48. The number of rotatable bonds is 4. The van der Waals surface area contributed by atoms with Crippen LogP contribution in [0, 0.1) is 0 Å². The molecule has 0 aliphatic rings. The fraction of sp³-hybridized carbons (Fsp3) is 0.833. The molecule has 2 nitrogen and oxygen atoms in total. The molecule has 10 heteroatoms. The lowest BCUT2D eigenvalue weighted by Crippen LogP contribution is -2.60. The Balaban J connectivity index is 5.65. The molecule has 0 bridgehead atoms. The van der Waals surface area contributed by atoms with Crippen molar-refractivity contribution in [3.05, 3.63) is 0 Å². The molecule has 0 rings (SSSR count). The van der Waals surface area contributed by atoms with E-state index in [1.165, 1.54) is 13.1 Å². The summed E-state index contributed by atoms with van der Waals surface area (Å²) >= 11 is 0. The molecule has 130 valence electrons. The minimum Gasteiger partial charge on any atom is -0.305 e. The lowest BCUT2D eigenvalue weighted by molar-refractivity contribution is -0.324. The number of carbonyl (C=O) groups excluding carboxylic acids is 2. The van der Waals surface area contributed by atoms with Crippen LogP contribution in [-0.2, 0) is 9.59 Å². The Morgan fingerprint density at radius 1 is 0.818 bits per heavy atom. The predicted octanol–water partition coefficient (Wildman–Crippen LogP) is 4.40. The molecule has 0 fully saturated rings. The van der Waals surface area contributed by atoms with Crippen molar-refractivity contribution >= 4 is 19.3 Å². The second-order valence-electron chi connectivity index (χ2n) is 6.55. The van der Waals surface area contributed by atoms with Crippen LogP contribution in [0.1, 0.15) is 27.2 Å². The van der Waals surface area contributed by atoms with Crippen LogP contribution in [0.2, 0.25) is 18.1 Å². The van der Waals surface area contributed by atoms with Gasteiger partial charge in [-0.15, -0.1) is 0 Å². The van der Waals surface area contributed by atoms with Crippen molar-refractivity contribution in [2.75, 3.05) is 0 Å². The second-order valence-corrected chi connectivity index (χ2v) is 11.9. The molecule has 22 heavy (non-hydrogen) atoms. The van der Waals surface area contributed by atoms with Gasteiger partial charge in [-0.05, 0) is 5.04 Å². The van der Waals surface area contributed by atoms with Crippen molar-refractivity contribution in [3.63, 3.8) is 0 Å². The number of hydrogen-bond donors (Lipinski definition) is 0. The summed E-state index contributed by atoms with van der Waals surface area (Å²) in [6.07, 6.45) is -14.7. The summed E-state index contributed by atoms with van der Waals surface area (Å²) in [5.74, 6) is -2.82. The van der Waals surface area contributed by atoms with Gasteiger partial charge in [0.15, 0.2) is 5.78 Å². The average Bonchev–Trinajstić information content (AvgIpc) is 2.22. The van der Waals surface area contributed by atoms with Crippen LogP contribution in [0.15, 0.2) is 0 Å². The monoisotopic (exact) mass is 354 g/mol. The van der Waals surface area contributed by atoms with Gasteiger partial charge in [0.2, 0.25) is 0 Å². The zero-order valence-electron chi connectivity index (χ0n) is 12.7. The average molecular weight is 354 g/mol. The standard InChI is InChI=1S/C12H17F7O2Si/c1-9(2,3)22(4,5)8(21)6-7(20)10(13,11(14,15)16)12(17,18)19/h6H2,1-5H3. The van der Waals surface area contributed by atoms with Gasteiger partial charge in [-0.1, -0.05) is 33.9 Å². The number of alkyl halides is 7. The maximum absolute atomic E-state index is 13.5. The van der Waals surface area contributed by atoms with E-state index in [0.29, 0.717) is 0 Å². The van der Waals surface area contributed by atoms with Crippen molar-refractivity contribution in [1.82, 2.24) is 0 Å². The molecule has 0 spiro atoms. The molecule has 0 saturated carbocycles. The third kappa shape index (κ3) is 3.52. The molecule has 0 amide bonds. The zero-order valence-corrected chi connectivity index (χ0v) is 13.7. The summed E-state index contributed by atoms with van der Waals surface area (Å²) in [7, 11) is -3.03. The molecular formula is C12H17F7O2Si. The van der Waals surface area contributed by atoms with E-state index in [4.69, 9.17) is 0 Å². The smallest absolute Gasteiger partial charge is 0.305 e.